The minimum atomic E-state index is 0. The number of hydrogen-bond acceptors (Lipinski definition) is 2. The van der Waals surface area contributed by atoms with Crippen molar-refractivity contribution in [2.75, 3.05) is 20.8 Å². The molecule has 1 aromatic rings. The van der Waals surface area contributed by atoms with Crippen LogP contribution in [0.2, 0.25) is 0 Å². The van der Waals surface area contributed by atoms with E-state index < -0.39 is 0 Å². The lowest BCUT2D eigenvalue weighted by Gasteiger charge is -2.16. The molecule has 0 spiro atoms. The number of hydrogen-bond donors (Lipinski definition) is 1. The first-order valence-electron chi connectivity index (χ1n) is 5.63. The van der Waals surface area contributed by atoms with Crippen LogP contribution in [0.15, 0.2) is 17.8 Å². The van der Waals surface area contributed by atoms with Crippen molar-refractivity contribution in [1.29, 1.82) is 0 Å². The van der Waals surface area contributed by atoms with Crippen molar-refractivity contribution >= 4 is 5.76 Å². The maximum Gasteiger partial charge on any atom is 0.126 e. The number of ether oxygens (including phenoxy) is 2. The molecule has 94 valence electrons. The summed E-state index contributed by atoms with van der Waals surface area (Å²) in [6, 6.07) is 2.08. The summed E-state index contributed by atoms with van der Waals surface area (Å²) in [5, 5.41) is 0. The second kappa shape index (κ2) is 6.38. The third kappa shape index (κ3) is 2.89. The van der Waals surface area contributed by atoms with Gasteiger partial charge in [0.15, 0.2) is 0 Å². The van der Waals surface area contributed by atoms with Gasteiger partial charge in [-0.3, -0.25) is 0 Å². The quantitative estimate of drug-likeness (QED) is 0.844. The van der Waals surface area contributed by atoms with Crippen LogP contribution < -0.4 is 0 Å². The Hall–Kier alpha value is -1.22. The van der Waals surface area contributed by atoms with Crippen molar-refractivity contribution < 1.29 is 12.3 Å². The highest BCUT2D eigenvalue weighted by molar-refractivity contribution is 5.66. The number of allylic oxidation sites excluding steroid dienone is 1. The monoisotopic (exact) mass is 230 g/mol. The number of H-pyrrole nitrogens is 1. The van der Waals surface area contributed by atoms with E-state index in [9.17, 15) is 0 Å². The lowest BCUT2D eigenvalue weighted by Crippen LogP contribution is -2.03. The molecule has 3 heteroatoms. The van der Waals surface area contributed by atoms with Crippen LogP contribution in [-0.4, -0.2) is 25.8 Å². The van der Waals surface area contributed by atoms with Crippen molar-refractivity contribution in [1.82, 2.24) is 4.98 Å². The Balaban J connectivity index is 0. The molecule has 0 fully saturated rings. The van der Waals surface area contributed by atoms with E-state index >= 15 is 0 Å². The summed E-state index contributed by atoms with van der Waals surface area (Å²) in [7, 11) is 3.42. The average molecular weight is 230 g/mol. The molecule has 16 heavy (non-hydrogen) atoms. The van der Waals surface area contributed by atoms with Crippen LogP contribution in [0, 0.1) is 0 Å². The third-order valence-corrected chi connectivity index (χ3v) is 2.71. The zero-order chi connectivity index (χ0) is 12.0. The van der Waals surface area contributed by atoms with Crippen LogP contribution in [0.3, 0.4) is 0 Å². The van der Waals surface area contributed by atoms with Crippen molar-refractivity contribution in [2.24, 2.45) is 0 Å². The summed E-state index contributed by atoms with van der Waals surface area (Å²) in [4.78, 5) is 3.23. The van der Waals surface area contributed by atoms with Gasteiger partial charge in [0.2, 0.25) is 0 Å². The van der Waals surface area contributed by atoms with Gasteiger partial charge in [-0.15, -0.1) is 0 Å². The number of aromatic amines is 1. The SMILES string of the molecule is CCOC.COC1=C(C)CCc2[nH]ccc21.[2HH].[3HH]. The highest BCUT2D eigenvalue weighted by Crippen LogP contribution is 2.30. The summed E-state index contributed by atoms with van der Waals surface area (Å²) in [5.74, 6) is 1.05. The van der Waals surface area contributed by atoms with Gasteiger partial charge in [-0.2, -0.15) is 0 Å². The number of nitrogens with one attached hydrogen (secondary N) is 1. The van der Waals surface area contributed by atoms with Crippen LogP contribution in [0.25, 0.3) is 5.76 Å². The molecule has 0 amide bonds. The second-order valence-electron chi connectivity index (χ2n) is 3.76. The maximum atomic E-state index is 5.35. The molecule has 1 heterocycles. The normalized spacial score (nSPS) is 14.0. The summed E-state index contributed by atoms with van der Waals surface area (Å²) in [6.45, 7) is 4.91. The maximum absolute atomic E-state index is 5.35. The fourth-order valence-corrected chi connectivity index (χ4v) is 1.76. The van der Waals surface area contributed by atoms with Gasteiger partial charge < -0.3 is 14.5 Å². The molecule has 2 rings (SSSR count). The number of aromatic nitrogens is 1. The summed E-state index contributed by atoms with van der Waals surface area (Å²) < 4.78 is 9.89. The summed E-state index contributed by atoms with van der Waals surface area (Å²) in [5.41, 5.74) is 3.89. The predicted molar refractivity (Wildman–Crippen MR) is 70.5 cm³/mol. The Morgan fingerprint density at radius 2 is 2.12 bits per heavy atom. The van der Waals surface area contributed by atoms with Gasteiger partial charge in [0.1, 0.15) is 5.76 Å². The lowest BCUT2D eigenvalue weighted by atomic mass is 9.97. The Labute approximate surface area is 100 Å². The minimum Gasteiger partial charge on any atom is -0.496 e. The number of rotatable bonds is 2. The number of aryl methyl sites for hydroxylation is 1. The van der Waals surface area contributed by atoms with E-state index in [-0.39, 0.29) is 2.85 Å². The highest BCUT2D eigenvalue weighted by atomic mass is 16.5. The van der Waals surface area contributed by atoms with Crippen molar-refractivity contribution in [3.63, 3.8) is 0 Å². The Kier molecular flexibility index (Phi) is 5.12. The summed E-state index contributed by atoms with van der Waals surface area (Å²) in [6.07, 6.45) is 4.19. The lowest BCUT2D eigenvalue weighted by molar-refractivity contribution is 0.215. The fourth-order valence-electron chi connectivity index (χ4n) is 1.76. The molecule has 0 unspecified atom stereocenters. The Morgan fingerprint density at radius 1 is 1.44 bits per heavy atom. The minimum absolute atomic E-state index is 0. The first-order valence-corrected chi connectivity index (χ1v) is 5.63. The molecule has 0 aliphatic heterocycles. The van der Waals surface area contributed by atoms with Crippen LogP contribution in [0.5, 0.6) is 0 Å². The van der Waals surface area contributed by atoms with Crippen molar-refractivity contribution in [3.05, 3.63) is 29.1 Å². The smallest absolute Gasteiger partial charge is 0.126 e. The first-order chi connectivity index (χ1) is 7.74. The topological polar surface area (TPSA) is 34.2 Å². The van der Waals surface area contributed by atoms with Gasteiger partial charge in [0.25, 0.3) is 0 Å². The zero-order valence-electron chi connectivity index (χ0n) is 10.6. The van der Waals surface area contributed by atoms with Crippen LogP contribution in [-0.2, 0) is 15.9 Å². The predicted octanol–water partition coefficient (Wildman–Crippen LogP) is 3.48. The van der Waals surface area contributed by atoms with Crippen LogP contribution in [0.4, 0.5) is 0 Å². The molecule has 1 aliphatic carbocycles. The third-order valence-electron chi connectivity index (χ3n) is 2.71. The number of fused-ring (bicyclic) bond motifs is 1. The fraction of sp³-hybridized carbons (Fsp3) is 0.538. The molecule has 0 aromatic carbocycles. The van der Waals surface area contributed by atoms with E-state index in [0.717, 1.165) is 25.2 Å². The van der Waals surface area contributed by atoms with E-state index in [1.54, 1.807) is 14.2 Å². The average Bonchev–Trinajstić information content (AvgIpc) is 2.77. The van der Waals surface area contributed by atoms with Crippen LogP contribution in [0.1, 0.15) is 34.4 Å². The van der Waals surface area contributed by atoms with Gasteiger partial charge in [-0.05, 0) is 38.3 Å². The van der Waals surface area contributed by atoms with E-state index in [4.69, 9.17) is 4.74 Å². The van der Waals surface area contributed by atoms with E-state index in [1.165, 1.54) is 16.8 Å². The van der Waals surface area contributed by atoms with E-state index in [2.05, 4.69) is 22.7 Å². The number of methoxy groups -OCH3 is 2. The molecule has 1 aromatic heterocycles. The molecule has 0 saturated heterocycles. The molecule has 1 aliphatic rings. The molecule has 0 bridgehead atoms. The van der Waals surface area contributed by atoms with Crippen molar-refractivity contribution in [3.8, 4) is 0 Å². The van der Waals surface area contributed by atoms with E-state index in [1.807, 2.05) is 13.1 Å². The Morgan fingerprint density at radius 3 is 2.69 bits per heavy atom. The molecule has 1 N–H and O–H groups in total. The van der Waals surface area contributed by atoms with Crippen LogP contribution >= 0.6 is 0 Å². The highest BCUT2D eigenvalue weighted by Gasteiger charge is 2.17. The van der Waals surface area contributed by atoms with Gasteiger partial charge in [0, 0.05) is 34.0 Å². The van der Waals surface area contributed by atoms with Gasteiger partial charge in [-0.1, -0.05) is 0 Å². The molecular formula is C13H25NO2. The molecule has 3 nitrogen and oxygen atoms in total. The zero-order valence-corrected chi connectivity index (χ0v) is 10.6. The van der Waals surface area contributed by atoms with Crippen molar-refractivity contribution in [2.45, 2.75) is 26.7 Å². The van der Waals surface area contributed by atoms with E-state index in [0.29, 0.717) is 0 Å². The second-order valence-corrected chi connectivity index (χ2v) is 3.76. The largest absolute Gasteiger partial charge is 0.496 e. The molecule has 0 saturated carbocycles. The molecule has 0 atom stereocenters. The molecular weight excluding hydrogens is 202 g/mol. The Bertz CT molecular complexity index is 360. The van der Waals surface area contributed by atoms with Gasteiger partial charge in [-0.25, -0.2) is 0 Å². The van der Waals surface area contributed by atoms with Gasteiger partial charge in [0.05, 0.1) is 7.11 Å². The first kappa shape index (κ1) is 12.8. The summed E-state index contributed by atoms with van der Waals surface area (Å²) >= 11 is 0. The molecule has 0 radical (unpaired) electrons. The standard InChI is InChI=1S/C10H13NO.C3H8O.2H2/c1-7-3-4-9-8(5-6-11-9)10(7)12-2;1-3-4-2;;/h5-6,11H,3-4H2,1-2H3;3H2,1-2H3;2*1H/i;;1+2;1+1. The van der Waals surface area contributed by atoms with Gasteiger partial charge >= 0.3 is 0 Å².